The number of rotatable bonds is 3. The van der Waals surface area contributed by atoms with Gasteiger partial charge < -0.3 is 10.2 Å². The Morgan fingerprint density at radius 2 is 2.05 bits per heavy atom. The molecule has 1 aliphatic carbocycles. The SMILES string of the molecule is CCCC1(C(=O)N2CCC3CCCCC3C2)CCNC1. The average molecular weight is 278 g/mol. The number of piperidine rings is 1. The molecule has 3 aliphatic rings. The molecule has 0 aromatic carbocycles. The number of amides is 1. The van der Waals surface area contributed by atoms with Gasteiger partial charge in [0.2, 0.25) is 5.91 Å². The van der Waals surface area contributed by atoms with Crippen molar-refractivity contribution in [3.8, 4) is 0 Å². The molecule has 0 aromatic rings. The van der Waals surface area contributed by atoms with E-state index in [0.717, 1.165) is 57.3 Å². The van der Waals surface area contributed by atoms with E-state index in [-0.39, 0.29) is 5.41 Å². The molecular formula is C17H30N2O. The standard InChI is InChI=1S/C17H30N2O/c1-2-8-17(9-10-18-13-17)16(20)19-11-7-14-5-3-4-6-15(14)12-19/h14-15,18H,2-13H2,1H3. The quantitative estimate of drug-likeness (QED) is 0.861. The van der Waals surface area contributed by atoms with Crippen LogP contribution in [0.3, 0.4) is 0 Å². The fraction of sp³-hybridized carbons (Fsp3) is 0.941. The van der Waals surface area contributed by atoms with Crippen molar-refractivity contribution in [2.24, 2.45) is 17.3 Å². The zero-order chi connectivity index (χ0) is 14.0. The molecule has 0 spiro atoms. The van der Waals surface area contributed by atoms with Crippen LogP contribution < -0.4 is 5.32 Å². The summed E-state index contributed by atoms with van der Waals surface area (Å²) in [5.41, 5.74) is -0.0732. The molecule has 2 heterocycles. The summed E-state index contributed by atoms with van der Waals surface area (Å²) < 4.78 is 0. The Labute approximate surface area is 123 Å². The number of hydrogen-bond donors (Lipinski definition) is 1. The van der Waals surface area contributed by atoms with E-state index >= 15 is 0 Å². The minimum absolute atomic E-state index is 0.0732. The molecule has 2 saturated heterocycles. The molecule has 3 fully saturated rings. The largest absolute Gasteiger partial charge is 0.342 e. The summed E-state index contributed by atoms with van der Waals surface area (Å²) >= 11 is 0. The second-order valence-electron chi connectivity index (χ2n) is 7.30. The molecule has 3 unspecified atom stereocenters. The number of likely N-dealkylation sites (tertiary alicyclic amines) is 1. The van der Waals surface area contributed by atoms with Gasteiger partial charge in [-0.3, -0.25) is 4.79 Å². The Kier molecular flexibility index (Phi) is 4.34. The topological polar surface area (TPSA) is 32.3 Å². The van der Waals surface area contributed by atoms with Gasteiger partial charge >= 0.3 is 0 Å². The number of carbonyl (C=O) groups is 1. The minimum atomic E-state index is -0.0732. The Bertz CT molecular complexity index is 349. The van der Waals surface area contributed by atoms with Crippen LogP contribution in [0.2, 0.25) is 0 Å². The molecule has 114 valence electrons. The number of fused-ring (bicyclic) bond motifs is 1. The lowest BCUT2D eigenvalue weighted by Gasteiger charge is -2.44. The highest BCUT2D eigenvalue weighted by molar-refractivity contribution is 5.83. The average Bonchev–Trinajstić information content (AvgIpc) is 2.96. The van der Waals surface area contributed by atoms with E-state index < -0.39 is 0 Å². The van der Waals surface area contributed by atoms with Crippen molar-refractivity contribution < 1.29 is 4.79 Å². The van der Waals surface area contributed by atoms with Crippen molar-refractivity contribution in [1.29, 1.82) is 0 Å². The molecule has 0 radical (unpaired) electrons. The normalized spacial score (nSPS) is 37.8. The lowest BCUT2D eigenvalue weighted by Crippen LogP contribution is -2.51. The van der Waals surface area contributed by atoms with Crippen LogP contribution in [0.15, 0.2) is 0 Å². The van der Waals surface area contributed by atoms with E-state index in [1.54, 1.807) is 0 Å². The monoisotopic (exact) mass is 278 g/mol. The summed E-state index contributed by atoms with van der Waals surface area (Å²) in [7, 11) is 0. The van der Waals surface area contributed by atoms with Crippen molar-refractivity contribution in [1.82, 2.24) is 10.2 Å². The van der Waals surface area contributed by atoms with Crippen molar-refractivity contribution in [3.05, 3.63) is 0 Å². The van der Waals surface area contributed by atoms with Gasteiger partial charge in [-0.1, -0.05) is 32.6 Å². The Hall–Kier alpha value is -0.570. The van der Waals surface area contributed by atoms with Gasteiger partial charge in [0.15, 0.2) is 0 Å². The highest BCUT2D eigenvalue weighted by Crippen LogP contribution is 2.39. The Morgan fingerprint density at radius 1 is 1.25 bits per heavy atom. The second kappa shape index (κ2) is 6.05. The van der Waals surface area contributed by atoms with Crippen LogP contribution in [0, 0.1) is 17.3 Å². The van der Waals surface area contributed by atoms with E-state index in [2.05, 4.69) is 17.1 Å². The lowest BCUT2D eigenvalue weighted by molar-refractivity contribution is -0.144. The molecule has 1 saturated carbocycles. The summed E-state index contributed by atoms with van der Waals surface area (Å²) in [6.45, 7) is 6.21. The summed E-state index contributed by atoms with van der Waals surface area (Å²) in [6, 6.07) is 0. The Balaban J connectivity index is 1.67. The minimum Gasteiger partial charge on any atom is -0.342 e. The number of nitrogens with one attached hydrogen (secondary N) is 1. The third-order valence-electron chi connectivity index (χ3n) is 6.00. The van der Waals surface area contributed by atoms with Crippen molar-refractivity contribution >= 4 is 5.91 Å². The highest BCUT2D eigenvalue weighted by Gasteiger charge is 2.44. The number of hydrogen-bond acceptors (Lipinski definition) is 2. The maximum atomic E-state index is 13.1. The predicted molar refractivity (Wildman–Crippen MR) is 81.5 cm³/mol. The molecule has 0 bridgehead atoms. The first kappa shape index (κ1) is 14.4. The maximum absolute atomic E-state index is 13.1. The number of nitrogens with zero attached hydrogens (tertiary/aromatic N) is 1. The van der Waals surface area contributed by atoms with Crippen LogP contribution in [-0.2, 0) is 4.79 Å². The molecule has 3 nitrogen and oxygen atoms in total. The van der Waals surface area contributed by atoms with Crippen LogP contribution >= 0.6 is 0 Å². The highest BCUT2D eigenvalue weighted by atomic mass is 16.2. The molecule has 3 rings (SSSR count). The zero-order valence-electron chi connectivity index (χ0n) is 13.0. The van der Waals surface area contributed by atoms with Crippen LogP contribution in [0.25, 0.3) is 0 Å². The smallest absolute Gasteiger partial charge is 0.230 e. The van der Waals surface area contributed by atoms with Crippen molar-refractivity contribution in [3.63, 3.8) is 0 Å². The summed E-state index contributed by atoms with van der Waals surface area (Å²) in [4.78, 5) is 15.3. The molecule has 3 atom stereocenters. The van der Waals surface area contributed by atoms with Gasteiger partial charge in [0.25, 0.3) is 0 Å². The number of carbonyl (C=O) groups excluding carboxylic acids is 1. The summed E-state index contributed by atoms with van der Waals surface area (Å²) in [5, 5.41) is 3.43. The molecule has 1 amide bonds. The van der Waals surface area contributed by atoms with Crippen LogP contribution in [0.4, 0.5) is 0 Å². The third-order valence-corrected chi connectivity index (χ3v) is 6.00. The summed E-state index contributed by atoms with van der Waals surface area (Å²) in [6.07, 6.45) is 10.0. The fourth-order valence-corrected chi connectivity index (χ4v) is 4.85. The van der Waals surface area contributed by atoms with Crippen LogP contribution in [0.5, 0.6) is 0 Å². The van der Waals surface area contributed by atoms with Gasteiger partial charge in [0, 0.05) is 19.6 Å². The van der Waals surface area contributed by atoms with Crippen molar-refractivity contribution in [2.75, 3.05) is 26.2 Å². The predicted octanol–water partition coefficient (Wildman–Crippen LogP) is 2.80. The van der Waals surface area contributed by atoms with Crippen LogP contribution in [0.1, 0.15) is 58.3 Å². The van der Waals surface area contributed by atoms with E-state index in [4.69, 9.17) is 0 Å². The van der Waals surface area contributed by atoms with Gasteiger partial charge in [0.1, 0.15) is 0 Å². The molecule has 20 heavy (non-hydrogen) atoms. The molecule has 1 N–H and O–H groups in total. The van der Waals surface area contributed by atoms with E-state index in [9.17, 15) is 4.79 Å². The third kappa shape index (κ3) is 2.61. The Morgan fingerprint density at radius 3 is 2.75 bits per heavy atom. The van der Waals surface area contributed by atoms with Crippen molar-refractivity contribution in [2.45, 2.75) is 58.3 Å². The van der Waals surface area contributed by atoms with Gasteiger partial charge in [-0.2, -0.15) is 0 Å². The van der Waals surface area contributed by atoms with Gasteiger partial charge in [-0.15, -0.1) is 0 Å². The first-order valence-electron chi connectivity index (χ1n) is 8.75. The van der Waals surface area contributed by atoms with E-state index in [0.29, 0.717) is 5.91 Å². The van der Waals surface area contributed by atoms with E-state index in [1.165, 1.54) is 32.1 Å². The van der Waals surface area contributed by atoms with Gasteiger partial charge in [0.05, 0.1) is 5.41 Å². The van der Waals surface area contributed by atoms with Crippen LogP contribution in [-0.4, -0.2) is 37.0 Å². The fourth-order valence-electron chi connectivity index (χ4n) is 4.85. The first-order chi connectivity index (χ1) is 9.75. The summed E-state index contributed by atoms with van der Waals surface area (Å²) in [5.74, 6) is 2.18. The lowest BCUT2D eigenvalue weighted by atomic mass is 9.74. The first-order valence-corrected chi connectivity index (χ1v) is 8.75. The molecule has 0 aromatic heterocycles. The maximum Gasteiger partial charge on any atom is 0.230 e. The molecule has 2 aliphatic heterocycles. The van der Waals surface area contributed by atoms with Gasteiger partial charge in [-0.25, -0.2) is 0 Å². The second-order valence-corrected chi connectivity index (χ2v) is 7.30. The zero-order valence-corrected chi connectivity index (χ0v) is 13.0. The molecular weight excluding hydrogens is 248 g/mol. The van der Waals surface area contributed by atoms with E-state index in [1.807, 2.05) is 0 Å². The van der Waals surface area contributed by atoms with Gasteiger partial charge in [-0.05, 0) is 44.1 Å². The molecule has 3 heteroatoms.